The Labute approximate surface area is 160 Å². The average molecular weight is 365 g/mol. The Morgan fingerprint density at radius 2 is 1.93 bits per heavy atom. The van der Waals surface area contributed by atoms with E-state index in [-0.39, 0.29) is 17.9 Å². The number of benzene rings is 2. The molecule has 2 aromatic carbocycles. The minimum Gasteiger partial charge on any atom is -0.341 e. The highest BCUT2D eigenvalue weighted by Crippen LogP contribution is 2.28. The number of urea groups is 1. The van der Waals surface area contributed by atoms with Gasteiger partial charge >= 0.3 is 6.03 Å². The summed E-state index contributed by atoms with van der Waals surface area (Å²) < 4.78 is 0. The van der Waals surface area contributed by atoms with E-state index in [1.54, 1.807) is 7.05 Å². The van der Waals surface area contributed by atoms with E-state index in [0.29, 0.717) is 12.1 Å². The zero-order chi connectivity index (χ0) is 19.4. The van der Waals surface area contributed by atoms with Crippen LogP contribution in [0.25, 0.3) is 0 Å². The van der Waals surface area contributed by atoms with E-state index in [0.717, 1.165) is 41.8 Å². The van der Waals surface area contributed by atoms with Crippen molar-refractivity contribution in [3.05, 3.63) is 64.7 Å². The molecule has 0 unspecified atom stereocenters. The van der Waals surface area contributed by atoms with Crippen molar-refractivity contribution in [2.45, 2.75) is 32.6 Å². The third-order valence-electron chi connectivity index (χ3n) is 5.18. The van der Waals surface area contributed by atoms with Gasteiger partial charge in [0.25, 0.3) is 5.91 Å². The largest absolute Gasteiger partial charge is 0.341 e. The first-order valence-corrected chi connectivity index (χ1v) is 9.43. The van der Waals surface area contributed by atoms with Crippen LogP contribution in [0.15, 0.2) is 42.5 Å². The molecule has 1 aliphatic heterocycles. The maximum Gasteiger partial charge on any atom is 0.317 e. The second-order valence-corrected chi connectivity index (χ2v) is 7.24. The molecule has 0 saturated carbocycles. The lowest BCUT2D eigenvalue weighted by atomic mass is 9.89. The van der Waals surface area contributed by atoms with Crippen molar-refractivity contribution in [1.82, 2.24) is 10.2 Å². The zero-order valence-electron chi connectivity index (χ0n) is 16.2. The highest BCUT2D eigenvalue weighted by molar-refractivity contribution is 6.04. The van der Waals surface area contributed by atoms with Gasteiger partial charge in [-0.15, -0.1) is 0 Å². The third kappa shape index (κ3) is 4.48. The SMILES string of the molecule is CNC(=O)N1CCC[C@H](c2cccc(C(=O)Nc3cc(C)ccc3C)c2)C1. The van der Waals surface area contributed by atoms with E-state index < -0.39 is 0 Å². The molecule has 0 aliphatic carbocycles. The van der Waals surface area contributed by atoms with Gasteiger partial charge < -0.3 is 15.5 Å². The number of carbonyl (C=O) groups excluding carboxylic acids is 2. The summed E-state index contributed by atoms with van der Waals surface area (Å²) in [4.78, 5) is 26.5. The van der Waals surface area contributed by atoms with Gasteiger partial charge in [-0.05, 0) is 61.6 Å². The minimum absolute atomic E-state index is 0.0384. The molecule has 3 rings (SSSR count). The van der Waals surface area contributed by atoms with Crippen molar-refractivity contribution >= 4 is 17.6 Å². The standard InChI is InChI=1S/C22H27N3O2/c1-15-9-10-16(2)20(12-15)24-21(26)18-7-4-6-17(13-18)19-8-5-11-25(14-19)22(27)23-3/h4,6-7,9-10,12-13,19H,5,8,11,14H2,1-3H3,(H,23,27)(H,24,26)/t19-/m0/s1. The molecule has 0 radical (unpaired) electrons. The van der Waals surface area contributed by atoms with Crippen LogP contribution in [0.1, 0.15) is 45.8 Å². The third-order valence-corrected chi connectivity index (χ3v) is 5.18. The predicted molar refractivity (Wildman–Crippen MR) is 108 cm³/mol. The van der Waals surface area contributed by atoms with E-state index in [2.05, 4.69) is 10.6 Å². The van der Waals surface area contributed by atoms with Crippen LogP contribution in [0.5, 0.6) is 0 Å². The first-order valence-electron chi connectivity index (χ1n) is 9.43. The molecule has 5 heteroatoms. The molecule has 1 heterocycles. The first-order chi connectivity index (χ1) is 13.0. The first kappa shape index (κ1) is 19.0. The fourth-order valence-electron chi connectivity index (χ4n) is 3.59. The molecule has 1 fully saturated rings. The number of aryl methyl sites for hydroxylation is 2. The molecular weight excluding hydrogens is 338 g/mol. The summed E-state index contributed by atoms with van der Waals surface area (Å²) in [5, 5.41) is 5.72. The summed E-state index contributed by atoms with van der Waals surface area (Å²) in [5.74, 6) is 0.147. The number of nitrogens with zero attached hydrogens (tertiary/aromatic N) is 1. The Morgan fingerprint density at radius 1 is 1.11 bits per heavy atom. The minimum atomic E-state index is -0.107. The normalized spacial score (nSPS) is 16.7. The molecule has 5 nitrogen and oxygen atoms in total. The molecular formula is C22H27N3O2. The summed E-state index contributed by atoms with van der Waals surface area (Å²) in [6.07, 6.45) is 1.99. The maximum atomic E-state index is 12.7. The molecule has 2 aromatic rings. The van der Waals surface area contributed by atoms with Crippen LogP contribution in [0.4, 0.5) is 10.5 Å². The smallest absolute Gasteiger partial charge is 0.317 e. The molecule has 0 spiro atoms. The van der Waals surface area contributed by atoms with Crippen molar-refractivity contribution in [2.75, 3.05) is 25.5 Å². The molecule has 142 valence electrons. The van der Waals surface area contributed by atoms with Crippen molar-refractivity contribution < 1.29 is 9.59 Å². The van der Waals surface area contributed by atoms with Crippen molar-refractivity contribution in [1.29, 1.82) is 0 Å². The Hall–Kier alpha value is -2.82. The molecule has 27 heavy (non-hydrogen) atoms. The molecule has 0 bridgehead atoms. The topological polar surface area (TPSA) is 61.4 Å². The predicted octanol–water partition coefficient (Wildman–Crippen LogP) is 4.07. The van der Waals surface area contributed by atoms with Crippen LogP contribution in [0.2, 0.25) is 0 Å². The monoisotopic (exact) mass is 365 g/mol. The summed E-state index contributed by atoms with van der Waals surface area (Å²) in [6, 6.07) is 13.8. The summed E-state index contributed by atoms with van der Waals surface area (Å²) in [5.41, 5.74) is 4.75. The number of nitrogens with one attached hydrogen (secondary N) is 2. The fraction of sp³-hybridized carbons (Fsp3) is 0.364. The van der Waals surface area contributed by atoms with E-state index >= 15 is 0 Å². The number of hydrogen-bond donors (Lipinski definition) is 2. The number of hydrogen-bond acceptors (Lipinski definition) is 2. The molecule has 0 aromatic heterocycles. The summed E-state index contributed by atoms with van der Waals surface area (Å²) in [6.45, 7) is 5.46. The Balaban J connectivity index is 1.76. The van der Waals surface area contributed by atoms with Gasteiger partial charge in [0.2, 0.25) is 0 Å². The molecule has 1 saturated heterocycles. The van der Waals surface area contributed by atoms with Crippen LogP contribution >= 0.6 is 0 Å². The van der Waals surface area contributed by atoms with E-state index in [1.165, 1.54) is 0 Å². The molecule has 2 N–H and O–H groups in total. The van der Waals surface area contributed by atoms with Crippen molar-refractivity contribution in [3.63, 3.8) is 0 Å². The number of likely N-dealkylation sites (tertiary alicyclic amines) is 1. The van der Waals surface area contributed by atoms with Gasteiger partial charge in [-0.25, -0.2) is 4.79 Å². The van der Waals surface area contributed by atoms with Gasteiger partial charge in [0.05, 0.1) is 0 Å². The number of amides is 3. The van der Waals surface area contributed by atoms with Gasteiger partial charge in [0.15, 0.2) is 0 Å². The lowest BCUT2D eigenvalue weighted by Crippen LogP contribution is -2.43. The second-order valence-electron chi connectivity index (χ2n) is 7.24. The molecule has 3 amide bonds. The lowest BCUT2D eigenvalue weighted by Gasteiger charge is -2.32. The van der Waals surface area contributed by atoms with Gasteiger partial charge in [-0.1, -0.05) is 24.3 Å². The van der Waals surface area contributed by atoms with Gasteiger partial charge in [0.1, 0.15) is 0 Å². The Morgan fingerprint density at radius 3 is 2.70 bits per heavy atom. The highest BCUT2D eigenvalue weighted by atomic mass is 16.2. The lowest BCUT2D eigenvalue weighted by molar-refractivity contribution is 0.102. The number of anilines is 1. The van der Waals surface area contributed by atoms with Gasteiger partial charge in [-0.3, -0.25) is 4.79 Å². The Bertz CT molecular complexity index is 847. The quantitative estimate of drug-likeness (QED) is 0.861. The van der Waals surface area contributed by atoms with Crippen LogP contribution in [-0.4, -0.2) is 37.0 Å². The highest BCUT2D eigenvalue weighted by Gasteiger charge is 2.24. The number of rotatable bonds is 3. The van der Waals surface area contributed by atoms with Gasteiger partial charge in [0, 0.05) is 37.3 Å². The van der Waals surface area contributed by atoms with Gasteiger partial charge in [-0.2, -0.15) is 0 Å². The molecule has 1 atom stereocenters. The van der Waals surface area contributed by atoms with Crippen LogP contribution in [-0.2, 0) is 0 Å². The summed E-state index contributed by atoms with van der Waals surface area (Å²) in [7, 11) is 1.66. The number of piperidine rings is 1. The van der Waals surface area contributed by atoms with Crippen molar-refractivity contribution in [3.8, 4) is 0 Å². The van der Waals surface area contributed by atoms with Crippen molar-refractivity contribution in [2.24, 2.45) is 0 Å². The zero-order valence-corrected chi connectivity index (χ0v) is 16.2. The molecule has 1 aliphatic rings. The van der Waals surface area contributed by atoms with E-state index in [9.17, 15) is 9.59 Å². The summed E-state index contributed by atoms with van der Waals surface area (Å²) >= 11 is 0. The van der Waals surface area contributed by atoms with Crippen LogP contribution < -0.4 is 10.6 Å². The maximum absolute atomic E-state index is 12.7. The van der Waals surface area contributed by atoms with E-state index in [4.69, 9.17) is 0 Å². The van der Waals surface area contributed by atoms with Crippen LogP contribution in [0, 0.1) is 13.8 Å². The Kier molecular flexibility index (Phi) is 5.79. The second kappa shape index (κ2) is 8.25. The number of carbonyl (C=O) groups is 2. The van der Waals surface area contributed by atoms with Crippen LogP contribution in [0.3, 0.4) is 0 Å². The average Bonchev–Trinajstić information content (AvgIpc) is 2.70. The fourth-order valence-corrected chi connectivity index (χ4v) is 3.59. The van der Waals surface area contributed by atoms with E-state index in [1.807, 2.05) is 61.2 Å².